The fraction of sp³-hybridized carbons (Fsp3) is 0.538. The minimum absolute atomic E-state index is 0.194. The molecule has 2 aromatic carbocycles. The molecule has 0 aliphatic carbocycles. The number of ether oxygens (including phenoxy) is 5. The predicted octanol–water partition coefficient (Wildman–Crippen LogP) is 3.03. The van der Waals surface area contributed by atoms with Gasteiger partial charge in [0.15, 0.2) is 0 Å². The van der Waals surface area contributed by atoms with E-state index in [1.54, 1.807) is 0 Å². The highest BCUT2D eigenvalue weighted by Gasteiger charge is 2.35. The number of rotatable bonds is 10. The van der Waals surface area contributed by atoms with Crippen molar-refractivity contribution < 1.29 is 23.7 Å². The van der Waals surface area contributed by atoms with Crippen molar-refractivity contribution >= 4 is 11.4 Å². The molecule has 4 aliphatic heterocycles. The molecule has 7 heteroatoms. The Hall–Kier alpha value is -2.32. The van der Waals surface area contributed by atoms with Crippen molar-refractivity contribution in [2.75, 3.05) is 37.9 Å². The van der Waals surface area contributed by atoms with E-state index in [-0.39, 0.29) is 24.4 Å². The lowest BCUT2D eigenvalue weighted by molar-refractivity contribution is 0.390. The quantitative estimate of drug-likeness (QED) is 0.421. The summed E-state index contributed by atoms with van der Waals surface area (Å²) < 4.78 is 29.1. The van der Waals surface area contributed by atoms with Crippen molar-refractivity contribution in [1.29, 1.82) is 0 Å². The molecule has 0 bridgehead atoms. The van der Waals surface area contributed by atoms with Gasteiger partial charge in [-0.2, -0.15) is 0 Å². The molecular formula is C26H32N2O5. The standard InChI is InChI=1S/C26H32N2O5/c1-13-3-4-23(21(24(13)27)7-17-11-31-17)33-26-20(6-16-10-30-16)19(5-15-9-29-15)14(2)25(28)22(26)8-18-12-32-18/h3-4,15-18H,5-12,27-28H2,1-2H3. The normalized spacial score (nSPS) is 26.8. The average molecular weight is 453 g/mol. The molecule has 4 saturated heterocycles. The van der Waals surface area contributed by atoms with E-state index in [0.717, 1.165) is 97.2 Å². The van der Waals surface area contributed by atoms with E-state index in [4.69, 9.17) is 35.2 Å². The Kier molecular flexibility index (Phi) is 5.25. The fourth-order valence-corrected chi connectivity index (χ4v) is 4.71. The zero-order chi connectivity index (χ0) is 22.7. The average Bonchev–Trinajstić information content (AvgIpc) is 3.62. The molecule has 0 radical (unpaired) electrons. The van der Waals surface area contributed by atoms with E-state index >= 15 is 0 Å². The molecule has 0 amide bonds. The van der Waals surface area contributed by atoms with Crippen LogP contribution < -0.4 is 16.2 Å². The van der Waals surface area contributed by atoms with Crippen LogP contribution in [0.25, 0.3) is 0 Å². The fourth-order valence-electron chi connectivity index (χ4n) is 4.71. The molecule has 4 N–H and O–H groups in total. The summed E-state index contributed by atoms with van der Waals surface area (Å²) in [5.41, 5.74) is 21.5. The Morgan fingerprint density at radius 3 is 1.73 bits per heavy atom. The lowest BCUT2D eigenvalue weighted by atomic mass is 9.88. The molecule has 4 atom stereocenters. The Balaban J connectivity index is 1.47. The van der Waals surface area contributed by atoms with E-state index < -0.39 is 0 Å². The summed E-state index contributed by atoms with van der Waals surface area (Å²) in [4.78, 5) is 0. The number of hydrogen-bond donors (Lipinski definition) is 2. The lowest BCUT2D eigenvalue weighted by Gasteiger charge is -2.25. The van der Waals surface area contributed by atoms with Crippen molar-refractivity contribution in [3.63, 3.8) is 0 Å². The van der Waals surface area contributed by atoms with Crippen molar-refractivity contribution in [3.05, 3.63) is 45.5 Å². The number of hydrogen-bond acceptors (Lipinski definition) is 7. The van der Waals surface area contributed by atoms with Gasteiger partial charge in [-0.15, -0.1) is 0 Å². The molecule has 176 valence electrons. The van der Waals surface area contributed by atoms with Gasteiger partial charge in [0.1, 0.15) is 11.5 Å². The largest absolute Gasteiger partial charge is 0.456 e. The van der Waals surface area contributed by atoms with Gasteiger partial charge < -0.3 is 35.2 Å². The summed E-state index contributed by atoms with van der Waals surface area (Å²) in [6, 6.07) is 4.05. The number of nitrogen functional groups attached to an aromatic ring is 2. The first kappa shape index (κ1) is 21.2. The summed E-state index contributed by atoms with van der Waals surface area (Å²) in [6.45, 7) is 7.26. The molecule has 33 heavy (non-hydrogen) atoms. The van der Waals surface area contributed by atoms with Crippen LogP contribution in [-0.2, 0) is 44.6 Å². The maximum Gasteiger partial charge on any atom is 0.136 e. The van der Waals surface area contributed by atoms with Gasteiger partial charge in [0.2, 0.25) is 0 Å². The van der Waals surface area contributed by atoms with Crippen LogP contribution in [0.3, 0.4) is 0 Å². The van der Waals surface area contributed by atoms with E-state index in [0.29, 0.717) is 0 Å². The number of aryl methyl sites for hydroxylation is 1. The first-order chi connectivity index (χ1) is 16.0. The van der Waals surface area contributed by atoms with Crippen LogP contribution >= 0.6 is 0 Å². The Labute approximate surface area is 194 Å². The maximum absolute atomic E-state index is 6.80. The highest BCUT2D eigenvalue weighted by atomic mass is 16.6. The van der Waals surface area contributed by atoms with Crippen LogP contribution in [0.4, 0.5) is 11.4 Å². The Morgan fingerprint density at radius 2 is 1.18 bits per heavy atom. The van der Waals surface area contributed by atoms with Gasteiger partial charge in [0, 0.05) is 53.7 Å². The second-order valence-electron chi connectivity index (χ2n) is 9.82. The molecule has 0 spiro atoms. The molecule has 4 fully saturated rings. The minimum atomic E-state index is 0.194. The number of anilines is 2. The summed E-state index contributed by atoms with van der Waals surface area (Å²) in [6.07, 6.45) is 4.01. The van der Waals surface area contributed by atoms with E-state index in [1.807, 2.05) is 19.1 Å². The van der Waals surface area contributed by atoms with Gasteiger partial charge in [-0.3, -0.25) is 0 Å². The molecule has 4 unspecified atom stereocenters. The summed E-state index contributed by atoms with van der Waals surface area (Å²) >= 11 is 0. The van der Waals surface area contributed by atoms with Gasteiger partial charge in [-0.05, 0) is 36.6 Å². The minimum Gasteiger partial charge on any atom is -0.456 e. The van der Waals surface area contributed by atoms with Crippen LogP contribution in [0, 0.1) is 13.8 Å². The molecule has 0 saturated carbocycles. The van der Waals surface area contributed by atoms with Crippen molar-refractivity contribution in [2.24, 2.45) is 0 Å². The molecule has 7 nitrogen and oxygen atoms in total. The second-order valence-corrected chi connectivity index (χ2v) is 9.82. The molecule has 2 aromatic rings. The number of nitrogens with two attached hydrogens (primary N) is 2. The second kappa shape index (κ2) is 8.17. The maximum atomic E-state index is 6.80. The topological polar surface area (TPSA) is 111 Å². The molecular weight excluding hydrogens is 420 g/mol. The highest BCUT2D eigenvalue weighted by Crippen LogP contribution is 2.44. The summed E-state index contributed by atoms with van der Waals surface area (Å²) in [7, 11) is 0. The van der Waals surface area contributed by atoms with Gasteiger partial charge in [0.25, 0.3) is 0 Å². The van der Waals surface area contributed by atoms with Gasteiger partial charge in [-0.1, -0.05) is 6.07 Å². The zero-order valence-corrected chi connectivity index (χ0v) is 19.3. The zero-order valence-electron chi connectivity index (χ0n) is 19.3. The molecule has 6 rings (SSSR count). The summed E-state index contributed by atoms with van der Waals surface area (Å²) in [5, 5.41) is 0. The van der Waals surface area contributed by atoms with Gasteiger partial charge in [0.05, 0.1) is 50.8 Å². The van der Waals surface area contributed by atoms with Gasteiger partial charge in [-0.25, -0.2) is 0 Å². The Bertz CT molecular complexity index is 1090. The number of epoxide rings is 4. The van der Waals surface area contributed by atoms with Crippen molar-refractivity contribution in [1.82, 2.24) is 0 Å². The highest BCUT2D eigenvalue weighted by molar-refractivity contribution is 5.69. The Morgan fingerprint density at radius 1 is 0.697 bits per heavy atom. The van der Waals surface area contributed by atoms with Crippen molar-refractivity contribution in [3.8, 4) is 11.5 Å². The van der Waals surface area contributed by atoms with Crippen LogP contribution in [-0.4, -0.2) is 50.8 Å². The number of benzene rings is 2. The smallest absolute Gasteiger partial charge is 0.136 e. The molecule has 4 heterocycles. The van der Waals surface area contributed by atoms with Crippen LogP contribution in [0.15, 0.2) is 12.1 Å². The van der Waals surface area contributed by atoms with Crippen LogP contribution in [0.5, 0.6) is 11.5 Å². The monoisotopic (exact) mass is 452 g/mol. The first-order valence-electron chi connectivity index (χ1n) is 11.9. The van der Waals surface area contributed by atoms with E-state index in [9.17, 15) is 0 Å². The predicted molar refractivity (Wildman–Crippen MR) is 125 cm³/mol. The third-order valence-electron chi connectivity index (χ3n) is 7.18. The van der Waals surface area contributed by atoms with Crippen LogP contribution in [0.2, 0.25) is 0 Å². The third-order valence-corrected chi connectivity index (χ3v) is 7.18. The van der Waals surface area contributed by atoms with Crippen LogP contribution in [0.1, 0.15) is 33.4 Å². The first-order valence-corrected chi connectivity index (χ1v) is 11.9. The van der Waals surface area contributed by atoms with Crippen molar-refractivity contribution in [2.45, 2.75) is 63.9 Å². The van der Waals surface area contributed by atoms with Gasteiger partial charge >= 0.3 is 0 Å². The molecule has 4 aliphatic rings. The lowest BCUT2D eigenvalue weighted by Crippen LogP contribution is -2.14. The SMILES string of the molecule is Cc1ccc(Oc2c(CC3CO3)c(N)c(C)c(CC3CO3)c2CC2CO2)c(CC2CO2)c1N. The summed E-state index contributed by atoms with van der Waals surface area (Å²) in [5.74, 6) is 1.63. The van der Waals surface area contributed by atoms with E-state index in [2.05, 4.69) is 6.92 Å². The third kappa shape index (κ3) is 4.55. The van der Waals surface area contributed by atoms with E-state index in [1.165, 1.54) is 11.1 Å². The molecule has 0 aromatic heterocycles.